The predicted molar refractivity (Wildman–Crippen MR) is 87.0 cm³/mol. The molecule has 18 heavy (non-hydrogen) atoms. The highest BCUT2D eigenvalue weighted by molar-refractivity contribution is 5.08. The highest BCUT2D eigenvalue weighted by atomic mass is 14.2. The fourth-order valence-electron chi connectivity index (χ4n) is 1.56. The summed E-state index contributed by atoms with van der Waals surface area (Å²) in [6.45, 7) is 17.4. The zero-order chi connectivity index (χ0) is 13.5. The summed E-state index contributed by atoms with van der Waals surface area (Å²) in [4.78, 5) is 0. The number of hydrogen-bond donors (Lipinski definition) is 0. The third-order valence-corrected chi connectivity index (χ3v) is 3.09. The highest BCUT2D eigenvalue weighted by Crippen LogP contribution is 2.27. The zero-order valence-electron chi connectivity index (χ0n) is 12.7. The largest absolute Gasteiger partial charge is 0.0993 e. The summed E-state index contributed by atoms with van der Waals surface area (Å²) >= 11 is 0. The molecule has 0 saturated heterocycles. The molecule has 0 aromatic carbocycles. The average Bonchev–Trinajstić information content (AvgIpc) is 2.15. The lowest BCUT2D eigenvalue weighted by atomic mass is 9.85. The Balaban J connectivity index is 0. The summed E-state index contributed by atoms with van der Waals surface area (Å²) in [6.07, 6.45) is 9.29. The Morgan fingerprint density at radius 2 is 1.44 bits per heavy atom. The van der Waals surface area contributed by atoms with Gasteiger partial charge in [-0.05, 0) is 51.9 Å². The van der Waals surface area contributed by atoms with E-state index in [9.17, 15) is 0 Å². The van der Waals surface area contributed by atoms with E-state index in [-0.39, 0.29) is 12.8 Å². The molecule has 0 nitrogen and oxygen atoms in total. The van der Waals surface area contributed by atoms with Gasteiger partial charge in [-0.2, -0.15) is 0 Å². The predicted octanol–water partition coefficient (Wildman–Crippen LogP) is 6.70. The van der Waals surface area contributed by atoms with Crippen LogP contribution in [0.3, 0.4) is 0 Å². The summed E-state index contributed by atoms with van der Waals surface area (Å²) < 4.78 is 0. The van der Waals surface area contributed by atoms with Crippen LogP contribution in [0, 0.1) is 5.41 Å². The molecule has 0 fully saturated rings. The summed E-state index contributed by atoms with van der Waals surface area (Å²) in [5, 5.41) is 0. The van der Waals surface area contributed by atoms with Crippen molar-refractivity contribution < 1.29 is 0 Å². The topological polar surface area (TPSA) is 0 Å². The Kier molecular flexibility index (Phi) is 9.99. The number of allylic oxidation sites excluding steroid dienone is 5. The molecule has 0 heteroatoms. The second-order valence-electron chi connectivity index (χ2n) is 6.26. The van der Waals surface area contributed by atoms with Crippen LogP contribution in [0.15, 0.2) is 35.5 Å². The van der Waals surface area contributed by atoms with Crippen LogP contribution >= 0.6 is 0 Å². The van der Waals surface area contributed by atoms with Crippen molar-refractivity contribution in [3.8, 4) is 0 Å². The van der Waals surface area contributed by atoms with Crippen molar-refractivity contribution in [1.29, 1.82) is 0 Å². The van der Waals surface area contributed by atoms with E-state index in [1.54, 1.807) is 0 Å². The van der Waals surface area contributed by atoms with Crippen LogP contribution in [0.1, 0.15) is 74.7 Å². The van der Waals surface area contributed by atoms with Crippen LogP contribution in [0.5, 0.6) is 0 Å². The third-order valence-electron chi connectivity index (χ3n) is 3.09. The van der Waals surface area contributed by atoms with Crippen molar-refractivity contribution in [1.82, 2.24) is 0 Å². The van der Waals surface area contributed by atoms with Gasteiger partial charge in [0.15, 0.2) is 0 Å². The standard InChI is InChI=1S/C17H30.CH4/c1-14(2)10-8-11-15(3)12-9-13-16(4)17(5,6)7;/h10,12H,4,8-9,11,13H2,1-3,5-7H3;1H4/b15-12+;. The molecule has 0 aromatic rings. The molecule has 0 bridgehead atoms. The zero-order valence-corrected chi connectivity index (χ0v) is 12.7. The van der Waals surface area contributed by atoms with Crippen LogP contribution in [0.4, 0.5) is 0 Å². The summed E-state index contributed by atoms with van der Waals surface area (Å²) in [7, 11) is 0. The summed E-state index contributed by atoms with van der Waals surface area (Å²) in [5.41, 5.74) is 4.53. The molecule has 0 aromatic heterocycles. The molecule has 0 rings (SSSR count). The average molecular weight is 250 g/mol. The smallest absolute Gasteiger partial charge is 0.0176 e. The van der Waals surface area contributed by atoms with Gasteiger partial charge >= 0.3 is 0 Å². The van der Waals surface area contributed by atoms with Gasteiger partial charge in [0.1, 0.15) is 0 Å². The lowest BCUT2D eigenvalue weighted by molar-refractivity contribution is 0.485. The number of hydrogen-bond acceptors (Lipinski definition) is 0. The van der Waals surface area contributed by atoms with E-state index in [0.717, 1.165) is 12.8 Å². The van der Waals surface area contributed by atoms with Crippen molar-refractivity contribution in [3.63, 3.8) is 0 Å². The molecule has 0 spiro atoms. The SMILES string of the molecule is C.C=C(CC/C=C(\C)CCC=C(C)C)C(C)(C)C. The van der Waals surface area contributed by atoms with E-state index in [2.05, 4.69) is 60.3 Å². The quantitative estimate of drug-likeness (QED) is 0.460. The molecular weight excluding hydrogens is 216 g/mol. The van der Waals surface area contributed by atoms with Crippen LogP contribution in [-0.2, 0) is 0 Å². The molecule has 0 heterocycles. The first-order valence-corrected chi connectivity index (χ1v) is 6.70. The molecule has 0 aliphatic heterocycles. The first-order valence-electron chi connectivity index (χ1n) is 6.70. The highest BCUT2D eigenvalue weighted by Gasteiger charge is 2.13. The van der Waals surface area contributed by atoms with Gasteiger partial charge in [0.25, 0.3) is 0 Å². The Hall–Kier alpha value is -0.780. The second-order valence-corrected chi connectivity index (χ2v) is 6.26. The van der Waals surface area contributed by atoms with E-state index in [4.69, 9.17) is 0 Å². The van der Waals surface area contributed by atoms with Crippen LogP contribution in [0.2, 0.25) is 0 Å². The molecule has 0 atom stereocenters. The lowest BCUT2D eigenvalue weighted by Gasteiger charge is -2.21. The summed E-state index contributed by atoms with van der Waals surface area (Å²) in [6, 6.07) is 0. The first-order chi connectivity index (χ1) is 7.73. The van der Waals surface area contributed by atoms with Gasteiger partial charge in [-0.3, -0.25) is 0 Å². The Bertz CT molecular complexity index is 290. The fraction of sp³-hybridized carbons (Fsp3) is 0.667. The second kappa shape index (κ2) is 9.19. The van der Waals surface area contributed by atoms with Crippen molar-refractivity contribution >= 4 is 0 Å². The van der Waals surface area contributed by atoms with Crippen molar-refractivity contribution in [3.05, 3.63) is 35.5 Å². The van der Waals surface area contributed by atoms with E-state index in [1.807, 2.05) is 0 Å². The van der Waals surface area contributed by atoms with Crippen LogP contribution < -0.4 is 0 Å². The Labute approximate surface area is 116 Å². The minimum Gasteiger partial charge on any atom is -0.0993 e. The van der Waals surface area contributed by atoms with E-state index < -0.39 is 0 Å². The van der Waals surface area contributed by atoms with Gasteiger partial charge in [0, 0.05) is 0 Å². The van der Waals surface area contributed by atoms with E-state index in [1.165, 1.54) is 29.6 Å². The number of rotatable bonds is 6. The van der Waals surface area contributed by atoms with E-state index >= 15 is 0 Å². The van der Waals surface area contributed by atoms with Crippen molar-refractivity contribution in [2.75, 3.05) is 0 Å². The monoisotopic (exact) mass is 250 g/mol. The van der Waals surface area contributed by atoms with Crippen molar-refractivity contribution in [2.24, 2.45) is 5.41 Å². The minimum absolute atomic E-state index is 0. The van der Waals surface area contributed by atoms with Crippen molar-refractivity contribution in [2.45, 2.75) is 74.7 Å². The maximum absolute atomic E-state index is 4.17. The van der Waals surface area contributed by atoms with E-state index in [0.29, 0.717) is 0 Å². The molecule has 0 unspecified atom stereocenters. The maximum atomic E-state index is 4.17. The first kappa shape index (κ1) is 19.6. The maximum Gasteiger partial charge on any atom is -0.0176 e. The Morgan fingerprint density at radius 3 is 1.89 bits per heavy atom. The van der Waals surface area contributed by atoms with Gasteiger partial charge in [-0.25, -0.2) is 0 Å². The van der Waals surface area contributed by atoms with Gasteiger partial charge in [0.2, 0.25) is 0 Å². The molecular formula is C18H34. The van der Waals surface area contributed by atoms with Gasteiger partial charge in [0.05, 0.1) is 0 Å². The molecule has 0 N–H and O–H groups in total. The van der Waals surface area contributed by atoms with Crippen LogP contribution in [-0.4, -0.2) is 0 Å². The Morgan fingerprint density at radius 1 is 0.944 bits per heavy atom. The van der Waals surface area contributed by atoms with Gasteiger partial charge in [-0.1, -0.05) is 63.6 Å². The molecule has 0 aliphatic rings. The normalized spacial score (nSPS) is 11.8. The third kappa shape index (κ3) is 10.4. The summed E-state index contributed by atoms with van der Waals surface area (Å²) in [5.74, 6) is 0. The minimum atomic E-state index is 0. The molecule has 0 aliphatic carbocycles. The molecule has 0 radical (unpaired) electrons. The van der Waals surface area contributed by atoms with Crippen LogP contribution in [0.25, 0.3) is 0 Å². The molecule has 0 saturated carbocycles. The fourth-order valence-corrected chi connectivity index (χ4v) is 1.56. The molecule has 106 valence electrons. The lowest BCUT2D eigenvalue weighted by Crippen LogP contribution is -2.07. The molecule has 0 amide bonds. The van der Waals surface area contributed by atoms with Gasteiger partial charge in [-0.15, -0.1) is 0 Å². The van der Waals surface area contributed by atoms with Gasteiger partial charge < -0.3 is 0 Å².